The number of carboxylic acids is 1. The number of pyridine rings is 2. The molecule has 2 aromatic carbocycles. The van der Waals surface area contributed by atoms with E-state index in [2.05, 4.69) is 20.2 Å². The maximum absolute atomic E-state index is 13.5. The fourth-order valence-electron chi connectivity index (χ4n) is 9.03. The molecule has 2 atom stereocenters. The van der Waals surface area contributed by atoms with Crippen molar-refractivity contribution >= 4 is 34.8 Å². The summed E-state index contributed by atoms with van der Waals surface area (Å²) >= 11 is 0. The highest BCUT2D eigenvalue weighted by Gasteiger charge is 2.32. The van der Waals surface area contributed by atoms with Crippen LogP contribution in [0.2, 0.25) is 0 Å². The van der Waals surface area contributed by atoms with E-state index >= 15 is 0 Å². The van der Waals surface area contributed by atoms with E-state index in [0.717, 1.165) is 31.2 Å². The number of carbonyl (C=O) groups is 4. The zero-order valence-corrected chi connectivity index (χ0v) is 44.5. The van der Waals surface area contributed by atoms with Crippen LogP contribution in [-0.2, 0) is 28.4 Å². The Morgan fingerprint density at radius 3 is 1.34 bits per heavy atom. The van der Waals surface area contributed by atoms with Crippen molar-refractivity contribution in [2.45, 2.75) is 84.7 Å². The van der Waals surface area contributed by atoms with E-state index in [9.17, 15) is 41.8 Å². The zero-order chi connectivity index (χ0) is 57.1. The first-order valence-electron chi connectivity index (χ1n) is 25.5. The third kappa shape index (κ3) is 12.5. The molecule has 6 aromatic heterocycles. The van der Waals surface area contributed by atoms with Gasteiger partial charge in [-0.2, -0.15) is 27.8 Å². The van der Waals surface area contributed by atoms with Gasteiger partial charge in [-0.25, -0.2) is 19.6 Å². The Balaban J connectivity index is 0.000000194. The molecule has 2 unspecified atom stereocenters. The molecule has 80 heavy (non-hydrogen) atoms. The highest BCUT2D eigenvalue weighted by molar-refractivity contribution is 6.03. The fourth-order valence-corrected chi connectivity index (χ4v) is 9.03. The van der Waals surface area contributed by atoms with Gasteiger partial charge in [-0.3, -0.25) is 27.8 Å². The summed E-state index contributed by atoms with van der Waals surface area (Å²) in [6, 6.07) is 9.39. The lowest BCUT2D eigenvalue weighted by Gasteiger charge is -2.18. The van der Waals surface area contributed by atoms with Crippen molar-refractivity contribution < 1.29 is 75.0 Å². The van der Waals surface area contributed by atoms with Crippen LogP contribution in [0.25, 0.3) is 56.1 Å². The molecule has 8 aromatic rings. The van der Waals surface area contributed by atoms with Crippen LogP contribution < -0.4 is 28.4 Å². The molecule has 2 saturated carbocycles. The zero-order valence-electron chi connectivity index (χ0n) is 44.5. The molecule has 420 valence electrons. The number of aliphatic carboxylic acids is 1. The predicted molar refractivity (Wildman–Crippen MR) is 280 cm³/mol. The number of rotatable bonds is 23. The Bertz CT molecular complexity index is 3620. The second kappa shape index (κ2) is 23.6. The summed E-state index contributed by atoms with van der Waals surface area (Å²) in [6.07, 6.45) is 15.2. The van der Waals surface area contributed by atoms with E-state index in [0.29, 0.717) is 56.2 Å². The summed E-state index contributed by atoms with van der Waals surface area (Å²) in [7, 11) is 6.26. The molecule has 0 saturated heterocycles. The van der Waals surface area contributed by atoms with Crippen molar-refractivity contribution in [1.82, 2.24) is 38.3 Å². The number of Topliss-reactive ketones (excluding diaryl/α,β-unsaturated/α-hetero) is 2. The molecule has 2 aliphatic carbocycles. The molecule has 10 rings (SSSR count). The molecular weight excluding hydrogens is 1050 g/mol. The molecule has 0 bridgehead atoms. The SMILES string of the molecule is CCOC(=O)C(C)Oc1cn2c(-c3cc(OC)c(C(=O)CC4CC4)c(OC(F)F)c3)cnc2cc1-c1cnn(C)c1.COc1cc(-c2cnc3cc(-c4cnn(C)c4)c(OC(C)C(=O)O)cn23)cc(OC(F)F)c1C(=O)CC1CC1. The minimum absolute atomic E-state index is 0.0107. The number of nitrogens with zero attached hydrogens (tertiary/aromatic N) is 8. The van der Waals surface area contributed by atoms with E-state index in [1.807, 2.05) is 0 Å². The number of carboxylic acid groups (broad SMARTS) is 1. The quantitative estimate of drug-likeness (QED) is 0.0357. The maximum Gasteiger partial charge on any atom is 0.387 e. The Hall–Kier alpha value is -8.96. The summed E-state index contributed by atoms with van der Waals surface area (Å²) < 4.78 is 97.7. The van der Waals surface area contributed by atoms with E-state index in [1.54, 1.807) is 114 Å². The average Bonchev–Trinajstić information content (AvgIpc) is 4.29. The summed E-state index contributed by atoms with van der Waals surface area (Å²) in [4.78, 5) is 58.9. The number of carbonyl (C=O) groups excluding carboxylic acids is 3. The summed E-state index contributed by atoms with van der Waals surface area (Å²) in [5.41, 5.74) is 5.34. The number of alkyl halides is 4. The number of ketones is 2. The van der Waals surface area contributed by atoms with Gasteiger partial charge in [0.25, 0.3) is 0 Å². The first-order chi connectivity index (χ1) is 38.3. The largest absolute Gasteiger partial charge is 0.496 e. The number of benzene rings is 2. The van der Waals surface area contributed by atoms with Crippen LogP contribution in [0.4, 0.5) is 17.6 Å². The Morgan fingerprint density at radius 2 is 0.988 bits per heavy atom. The van der Waals surface area contributed by atoms with Crippen LogP contribution in [0.1, 0.15) is 80.0 Å². The molecule has 0 aliphatic heterocycles. The second-order valence-electron chi connectivity index (χ2n) is 19.3. The summed E-state index contributed by atoms with van der Waals surface area (Å²) in [6.45, 7) is -1.39. The number of fused-ring (bicyclic) bond motifs is 2. The minimum Gasteiger partial charge on any atom is -0.496 e. The second-order valence-corrected chi connectivity index (χ2v) is 19.3. The van der Waals surface area contributed by atoms with Crippen LogP contribution in [0, 0.1) is 11.8 Å². The first kappa shape index (κ1) is 55.8. The number of imidazole rings is 2. The van der Waals surface area contributed by atoms with Crippen LogP contribution in [-0.4, -0.2) is 113 Å². The van der Waals surface area contributed by atoms with Gasteiger partial charge in [0.15, 0.2) is 23.8 Å². The number of ether oxygens (including phenoxy) is 7. The molecule has 0 radical (unpaired) electrons. The van der Waals surface area contributed by atoms with Gasteiger partial charge in [0.1, 0.15) is 56.9 Å². The third-order valence-corrected chi connectivity index (χ3v) is 13.3. The van der Waals surface area contributed by atoms with Gasteiger partial charge in [0.2, 0.25) is 0 Å². The minimum atomic E-state index is -3.15. The van der Waals surface area contributed by atoms with Crippen molar-refractivity contribution in [3.05, 3.63) is 97.1 Å². The number of aromatic nitrogens is 8. The molecule has 6 heterocycles. The molecule has 20 nitrogen and oxygen atoms in total. The Labute approximate surface area is 454 Å². The number of esters is 1. The van der Waals surface area contributed by atoms with Crippen LogP contribution in [0.5, 0.6) is 34.5 Å². The van der Waals surface area contributed by atoms with Crippen molar-refractivity contribution in [1.29, 1.82) is 0 Å². The summed E-state index contributed by atoms with van der Waals surface area (Å²) in [5, 5.41) is 17.8. The molecule has 24 heteroatoms. The molecular formula is C56H56F4N8O12. The van der Waals surface area contributed by atoms with Gasteiger partial charge >= 0.3 is 25.2 Å². The molecule has 0 amide bonds. The van der Waals surface area contributed by atoms with Gasteiger partial charge in [0, 0.05) is 72.7 Å². The van der Waals surface area contributed by atoms with Crippen molar-refractivity contribution in [2.75, 3.05) is 20.8 Å². The number of hydrogen-bond donors (Lipinski definition) is 1. The van der Waals surface area contributed by atoms with Crippen LogP contribution >= 0.6 is 0 Å². The summed E-state index contributed by atoms with van der Waals surface area (Å²) in [5.74, 6) is -1.57. The van der Waals surface area contributed by atoms with E-state index in [-0.39, 0.29) is 82.7 Å². The molecule has 1 N–H and O–H groups in total. The lowest BCUT2D eigenvalue weighted by atomic mass is 10.00. The normalized spacial score (nSPS) is 13.9. The van der Waals surface area contributed by atoms with Crippen LogP contribution in [0.15, 0.2) is 86.0 Å². The van der Waals surface area contributed by atoms with E-state index < -0.39 is 37.4 Å². The van der Waals surface area contributed by atoms with E-state index in [1.165, 1.54) is 39.5 Å². The van der Waals surface area contributed by atoms with Gasteiger partial charge in [-0.15, -0.1) is 0 Å². The van der Waals surface area contributed by atoms with Crippen molar-refractivity contribution in [3.8, 4) is 79.3 Å². The lowest BCUT2D eigenvalue weighted by Crippen LogP contribution is -2.26. The Kier molecular flexibility index (Phi) is 16.4. The topological polar surface area (TPSA) is 223 Å². The number of aryl methyl sites for hydroxylation is 2. The fraction of sp³-hybridized carbons (Fsp3) is 0.357. The van der Waals surface area contributed by atoms with Crippen molar-refractivity contribution in [3.63, 3.8) is 0 Å². The highest BCUT2D eigenvalue weighted by Crippen LogP contribution is 2.44. The van der Waals surface area contributed by atoms with Gasteiger partial charge in [0.05, 0.1) is 69.4 Å². The van der Waals surface area contributed by atoms with E-state index in [4.69, 9.17) is 33.2 Å². The Morgan fingerprint density at radius 1 is 0.575 bits per heavy atom. The molecule has 2 aliphatic rings. The van der Waals surface area contributed by atoms with Gasteiger partial charge in [-0.05, 0) is 94.7 Å². The predicted octanol–water partition coefficient (Wildman–Crippen LogP) is 10.2. The number of hydrogen-bond acceptors (Lipinski definition) is 15. The third-order valence-electron chi connectivity index (χ3n) is 13.3. The van der Waals surface area contributed by atoms with Crippen LogP contribution in [0.3, 0.4) is 0 Å². The first-order valence-corrected chi connectivity index (χ1v) is 25.5. The monoisotopic (exact) mass is 1110 g/mol. The number of methoxy groups -OCH3 is 2. The maximum atomic E-state index is 13.5. The van der Waals surface area contributed by atoms with Gasteiger partial charge < -0.3 is 38.3 Å². The van der Waals surface area contributed by atoms with Gasteiger partial charge in [-0.1, -0.05) is 0 Å². The molecule has 0 spiro atoms. The molecule has 2 fully saturated rings. The lowest BCUT2D eigenvalue weighted by molar-refractivity contribution is -0.150. The smallest absolute Gasteiger partial charge is 0.387 e. The standard InChI is InChI=1S/C29H30F2N4O6.C27H26F2N4O6/c1-5-39-28(37)16(2)40-25-15-35-21(13-32-26(35)11-20(25)19-12-33-34(3)14-19)18-9-23(38-4)27(22(36)8-17-6-7-17)24(10-18)41-29(30)31;1-14(26(35)36)38-23-13-33-19(11-30-24(33)9-18(23)17-10-31-32(2)12-17)16-7-21(37-3)25(20(34)6-15-4-5-15)22(8-16)39-27(28)29/h9-17,29H,5-8H2,1-4H3;7-15,27H,4-6H2,1-3H3,(H,35,36). The average molecular weight is 1110 g/mol. The van der Waals surface area contributed by atoms with Crippen molar-refractivity contribution in [2.24, 2.45) is 25.9 Å². The highest BCUT2D eigenvalue weighted by atomic mass is 19.3. The number of halogens is 4.